The Morgan fingerprint density at radius 3 is 0.648 bits per heavy atom. The van der Waals surface area contributed by atoms with Crippen molar-refractivity contribution in [2.75, 3.05) is 39.6 Å². The van der Waals surface area contributed by atoms with Gasteiger partial charge in [-0.25, -0.2) is 9.13 Å². The molecular formula is C86H168O17P2. The number of rotatable bonds is 86. The summed E-state index contributed by atoms with van der Waals surface area (Å²) in [5.74, 6) is -1.37. The van der Waals surface area contributed by atoms with E-state index in [9.17, 15) is 43.2 Å². The number of phosphoric acid groups is 2. The van der Waals surface area contributed by atoms with Crippen molar-refractivity contribution in [3.63, 3.8) is 0 Å². The highest BCUT2D eigenvalue weighted by atomic mass is 31.2. The summed E-state index contributed by atoms with van der Waals surface area (Å²) in [6.45, 7) is 7.32. The molecule has 5 atom stereocenters. The van der Waals surface area contributed by atoms with Crippen molar-refractivity contribution in [3.05, 3.63) is 0 Å². The number of aliphatic hydroxyl groups is 1. The predicted octanol–water partition coefficient (Wildman–Crippen LogP) is 26.4. The molecule has 0 saturated carbocycles. The van der Waals surface area contributed by atoms with Crippen LogP contribution < -0.4 is 0 Å². The molecule has 0 rings (SSSR count). The molecule has 0 bridgehead atoms. The summed E-state index contributed by atoms with van der Waals surface area (Å²) in [5, 5.41) is 10.7. The minimum absolute atomic E-state index is 0.108. The average Bonchev–Trinajstić information content (AvgIpc) is 0.949. The SMILES string of the molecule is CCCCCCCCCCCCCCCCCCCCCCCCC(=O)O[C@H](COC(=O)CCCCCCCCCCCCCCCCCCCCC)COP(=O)(O)OC[C@@H](O)COP(=O)(O)OC[C@@H](COC(=O)CCCCCCCCCCC(C)C)OC(=O)CCCCCCCCCCCCCCC. The molecule has 2 unspecified atom stereocenters. The number of hydrogen-bond acceptors (Lipinski definition) is 15. The number of carbonyl (C=O) groups excluding carboxylic acids is 4. The summed E-state index contributed by atoms with van der Waals surface area (Å²) in [6, 6.07) is 0. The third-order valence-corrected chi connectivity index (χ3v) is 22.2. The molecule has 0 spiro atoms. The molecule has 0 aliphatic carbocycles. The number of esters is 4. The van der Waals surface area contributed by atoms with Crippen molar-refractivity contribution in [2.45, 2.75) is 483 Å². The minimum Gasteiger partial charge on any atom is -0.462 e. The van der Waals surface area contributed by atoms with E-state index in [4.69, 9.17) is 37.0 Å². The Bertz CT molecular complexity index is 2000. The second kappa shape index (κ2) is 78.7. The molecule has 0 aromatic rings. The molecule has 105 heavy (non-hydrogen) atoms. The van der Waals surface area contributed by atoms with E-state index < -0.39 is 97.5 Å². The summed E-state index contributed by atoms with van der Waals surface area (Å²) in [4.78, 5) is 73.2. The van der Waals surface area contributed by atoms with E-state index >= 15 is 0 Å². The molecule has 0 amide bonds. The van der Waals surface area contributed by atoms with Crippen molar-refractivity contribution in [1.82, 2.24) is 0 Å². The summed E-state index contributed by atoms with van der Waals surface area (Å²) in [7, 11) is -9.93. The zero-order valence-electron chi connectivity index (χ0n) is 68.9. The van der Waals surface area contributed by atoms with Gasteiger partial charge in [0.05, 0.1) is 26.4 Å². The molecular weight excluding hydrogens is 1370 g/mol. The van der Waals surface area contributed by atoms with E-state index in [1.54, 1.807) is 0 Å². The van der Waals surface area contributed by atoms with Crippen LogP contribution in [0.4, 0.5) is 0 Å². The lowest BCUT2D eigenvalue weighted by molar-refractivity contribution is -0.161. The Morgan fingerprint density at radius 1 is 0.257 bits per heavy atom. The molecule has 0 radical (unpaired) electrons. The van der Waals surface area contributed by atoms with Crippen molar-refractivity contribution >= 4 is 39.5 Å². The van der Waals surface area contributed by atoms with Gasteiger partial charge in [0, 0.05) is 25.7 Å². The highest BCUT2D eigenvalue weighted by Crippen LogP contribution is 2.45. The normalized spacial score (nSPS) is 13.8. The Kier molecular flexibility index (Phi) is 77.3. The maximum atomic E-state index is 13.1. The number of aliphatic hydroxyl groups excluding tert-OH is 1. The van der Waals surface area contributed by atoms with Gasteiger partial charge in [0.2, 0.25) is 0 Å². The molecule has 0 saturated heterocycles. The maximum absolute atomic E-state index is 13.1. The third kappa shape index (κ3) is 79.9. The van der Waals surface area contributed by atoms with Crippen molar-refractivity contribution in [1.29, 1.82) is 0 Å². The second-order valence-corrected chi connectivity index (χ2v) is 34.3. The number of unbranched alkanes of at least 4 members (excludes halogenated alkanes) is 58. The second-order valence-electron chi connectivity index (χ2n) is 31.4. The number of ether oxygens (including phenoxy) is 4. The molecule has 0 aliphatic rings. The predicted molar refractivity (Wildman–Crippen MR) is 432 cm³/mol. The van der Waals surface area contributed by atoms with Gasteiger partial charge in [0.15, 0.2) is 12.2 Å². The van der Waals surface area contributed by atoms with Crippen LogP contribution in [0.15, 0.2) is 0 Å². The molecule has 624 valence electrons. The van der Waals surface area contributed by atoms with Crippen LogP contribution in [-0.2, 0) is 65.4 Å². The lowest BCUT2D eigenvalue weighted by Gasteiger charge is -2.21. The van der Waals surface area contributed by atoms with Crippen LogP contribution in [0.2, 0.25) is 0 Å². The summed E-state index contributed by atoms with van der Waals surface area (Å²) in [6.07, 6.45) is 72.4. The van der Waals surface area contributed by atoms with Gasteiger partial charge in [0.25, 0.3) is 0 Å². The molecule has 0 fully saturated rings. The van der Waals surface area contributed by atoms with Crippen LogP contribution in [0.5, 0.6) is 0 Å². The number of phosphoric ester groups is 2. The molecule has 0 heterocycles. The molecule has 19 heteroatoms. The highest BCUT2D eigenvalue weighted by Gasteiger charge is 2.30. The lowest BCUT2D eigenvalue weighted by Crippen LogP contribution is -2.30. The van der Waals surface area contributed by atoms with Gasteiger partial charge in [0.1, 0.15) is 19.3 Å². The van der Waals surface area contributed by atoms with Gasteiger partial charge < -0.3 is 33.8 Å². The van der Waals surface area contributed by atoms with Gasteiger partial charge in [-0.15, -0.1) is 0 Å². The Hall–Kier alpha value is -1.94. The van der Waals surface area contributed by atoms with Crippen LogP contribution in [0.3, 0.4) is 0 Å². The monoisotopic (exact) mass is 1540 g/mol. The van der Waals surface area contributed by atoms with Crippen LogP contribution in [-0.4, -0.2) is 96.7 Å². The van der Waals surface area contributed by atoms with Crippen LogP contribution in [0.1, 0.15) is 465 Å². The molecule has 17 nitrogen and oxygen atoms in total. The smallest absolute Gasteiger partial charge is 0.462 e. The first-order chi connectivity index (χ1) is 51.0. The fraction of sp³-hybridized carbons (Fsp3) is 0.953. The first kappa shape index (κ1) is 103. The highest BCUT2D eigenvalue weighted by molar-refractivity contribution is 7.47. The minimum atomic E-state index is -4.97. The molecule has 0 aromatic carbocycles. The van der Waals surface area contributed by atoms with E-state index in [2.05, 4.69) is 34.6 Å². The van der Waals surface area contributed by atoms with Gasteiger partial charge in [-0.2, -0.15) is 0 Å². The van der Waals surface area contributed by atoms with Gasteiger partial charge in [-0.3, -0.25) is 37.3 Å². The Morgan fingerprint density at radius 2 is 0.438 bits per heavy atom. The van der Waals surface area contributed by atoms with Crippen molar-refractivity contribution < 1.29 is 80.2 Å². The topological polar surface area (TPSA) is 237 Å². The molecule has 0 aromatic heterocycles. The maximum Gasteiger partial charge on any atom is 0.472 e. The summed E-state index contributed by atoms with van der Waals surface area (Å²) >= 11 is 0. The van der Waals surface area contributed by atoms with Crippen LogP contribution in [0, 0.1) is 5.92 Å². The Labute approximate surface area is 645 Å². The standard InChI is InChI=1S/C86H168O17P2/c1-6-9-12-15-18-21-24-27-29-31-33-34-35-37-39-41-44-47-50-57-62-67-72-86(91)102-81(75-96-83(88)69-64-59-54-48-45-43-40-38-36-32-30-28-25-22-19-16-13-10-7-2)77-100-104(92,93)98-73-80(87)74-99-105(94,95)101-78-82(76-97-84(89)70-65-60-55-52-51-53-58-63-68-79(4)5)103-85(90)71-66-61-56-49-46-42-26-23-20-17-14-11-8-3/h79-82,87H,6-78H2,1-5H3,(H,92,93)(H,94,95)/t80-,81-,82-/m1/s1. The zero-order valence-corrected chi connectivity index (χ0v) is 70.7. The summed E-state index contributed by atoms with van der Waals surface area (Å²) < 4.78 is 68.9. The van der Waals surface area contributed by atoms with E-state index in [0.29, 0.717) is 25.7 Å². The number of hydrogen-bond donors (Lipinski definition) is 3. The van der Waals surface area contributed by atoms with E-state index in [1.165, 1.54) is 289 Å². The summed E-state index contributed by atoms with van der Waals surface area (Å²) in [5.41, 5.74) is 0. The third-order valence-electron chi connectivity index (χ3n) is 20.3. The van der Waals surface area contributed by atoms with Crippen molar-refractivity contribution in [2.24, 2.45) is 5.92 Å². The first-order valence-electron chi connectivity index (χ1n) is 44.6. The van der Waals surface area contributed by atoms with E-state index in [0.717, 1.165) is 95.8 Å². The molecule has 0 aliphatic heterocycles. The van der Waals surface area contributed by atoms with Crippen LogP contribution >= 0.6 is 15.6 Å². The number of carbonyl (C=O) groups is 4. The molecule has 3 N–H and O–H groups in total. The zero-order chi connectivity index (χ0) is 76.9. The van der Waals surface area contributed by atoms with Gasteiger partial charge in [-0.05, 0) is 31.6 Å². The van der Waals surface area contributed by atoms with Crippen molar-refractivity contribution in [3.8, 4) is 0 Å². The van der Waals surface area contributed by atoms with Gasteiger partial charge >= 0.3 is 39.5 Å². The fourth-order valence-electron chi connectivity index (χ4n) is 13.5. The fourth-order valence-corrected chi connectivity index (χ4v) is 15.1. The van der Waals surface area contributed by atoms with E-state index in [-0.39, 0.29) is 25.7 Å². The lowest BCUT2D eigenvalue weighted by atomic mass is 10.0. The van der Waals surface area contributed by atoms with Gasteiger partial charge in [-0.1, -0.05) is 413 Å². The van der Waals surface area contributed by atoms with E-state index in [1.807, 2.05) is 0 Å². The first-order valence-corrected chi connectivity index (χ1v) is 47.6. The average molecular weight is 1540 g/mol. The Balaban J connectivity index is 5.21. The largest absolute Gasteiger partial charge is 0.472 e. The van der Waals surface area contributed by atoms with Crippen LogP contribution in [0.25, 0.3) is 0 Å². The quantitative estimate of drug-likeness (QED) is 0.0222.